The first-order chi connectivity index (χ1) is 9.69. The number of aryl methyl sites for hydroxylation is 1. The third-order valence-corrected chi connectivity index (χ3v) is 2.95. The van der Waals surface area contributed by atoms with Gasteiger partial charge in [0.15, 0.2) is 29.0 Å². The van der Waals surface area contributed by atoms with Crippen molar-refractivity contribution in [2.24, 2.45) is 5.84 Å². The van der Waals surface area contributed by atoms with Gasteiger partial charge in [-0.2, -0.15) is 0 Å². The van der Waals surface area contributed by atoms with Crippen molar-refractivity contribution in [2.75, 3.05) is 18.6 Å². The van der Waals surface area contributed by atoms with Crippen molar-refractivity contribution >= 4 is 5.82 Å². The zero-order valence-electron chi connectivity index (χ0n) is 10.8. The fraction of sp³-hybridized carbons (Fsp3) is 0.231. The van der Waals surface area contributed by atoms with Gasteiger partial charge in [-0.3, -0.25) is 0 Å². The Morgan fingerprint density at radius 3 is 2.70 bits per heavy atom. The minimum Gasteiger partial charge on any atom is -0.486 e. The number of nitrogens with two attached hydrogens (primary N) is 1. The number of hydrogen-bond donors (Lipinski definition) is 2. The van der Waals surface area contributed by atoms with Gasteiger partial charge in [-0.1, -0.05) is 0 Å². The van der Waals surface area contributed by atoms with E-state index in [1.54, 1.807) is 25.1 Å². The Morgan fingerprint density at radius 1 is 1.20 bits per heavy atom. The number of nitrogens with zero attached hydrogens (tertiary/aromatic N) is 2. The number of anilines is 1. The van der Waals surface area contributed by atoms with Crippen LogP contribution >= 0.6 is 0 Å². The van der Waals surface area contributed by atoms with E-state index in [1.165, 1.54) is 0 Å². The molecule has 0 fully saturated rings. The highest BCUT2D eigenvalue weighted by Gasteiger charge is 2.16. The van der Waals surface area contributed by atoms with Crippen LogP contribution in [0, 0.1) is 12.7 Å². The van der Waals surface area contributed by atoms with Crippen molar-refractivity contribution in [3.63, 3.8) is 0 Å². The quantitative estimate of drug-likeness (QED) is 0.641. The number of nitrogen functional groups attached to an aromatic ring is 1. The summed E-state index contributed by atoms with van der Waals surface area (Å²) in [5.41, 5.74) is 3.15. The lowest BCUT2D eigenvalue weighted by Crippen LogP contribution is -2.15. The summed E-state index contributed by atoms with van der Waals surface area (Å²) in [5, 5.41) is 0. The van der Waals surface area contributed by atoms with Gasteiger partial charge in [0.25, 0.3) is 0 Å². The highest BCUT2D eigenvalue weighted by atomic mass is 19.1. The Labute approximate surface area is 114 Å². The highest BCUT2D eigenvalue weighted by Crippen LogP contribution is 2.34. The summed E-state index contributed by atoms with van der Waals surface area (Å²) in [6.45, 7) is 2.58. The van der Waals surface area contributed by atoms with E-state index in [0.29, 0.717) is 36.1 Å². The smallest absolute Gasteiger partial charge is 0.187 e. The summed E-state index contributed by atoms with van der Waals surface area (Å²) in [5.74, 6) is 6.32. The van der Waals surface area contributed by atoms with Crippen LogP contribution in [0.3, 0.4) is 0 Å². The van der Waals surface area contributed by atoms with Crippen LogP contribution in [0.15, 0.2) is 18.2 Å². The van der Waals surface area contributed by atoms with Crippen molar-refractivity contribution in [3.8, 4) is 22.9 Å². The second kappa shape index (κ2) is 4.93. The minimum absolute atomic E-state index is 0.0395. The lowest BCUT2D eigenvalue weighted by atomic mass is 10.1. The van der Waals surface area contributed by atoms with Gasteiger partial charge in [0.05, 0.1) is 5.69 Å². The van der Waals surface area contributed by atoms with E-state index in [2.05, 4.69) is 15.4 Å². The molecule has 104 valence electrons. The number of hydrazine groups is 1. The van der Waals surface area contributed by atoms with Crippen LogP contribution in [0.4, 0.5) is 10.2 Å². The summed E-state index contributed by atoms with van der Waals surface area (Å²) in [4.78, 5) is 8.17. The minimum atomic E-state index is -0.561. The summed E-state index contributed by atoms with van der Waals surface area (Å²) >= 11 is 0. The number of fused-ring (bicyclic) bond motifs is 1. The maximum absolute atomic E-state index is 13.7. The van der Waals surface area contributed by atoms with Gasteiger partial charge in [-0.25, -0.2) is 20.2 Å². The molecule has 2 aromatic rings. The Kier molecular flexibility index (Phi) is 3.11. The van der Waals surface area contributed by atoms with E-state index in [-0.39, 0.29) is 11.5 Å². The van der Waals surface area contributed by atoms with E-state index < -0.39 is 5.82 Å². The summed E-state index contributed by atoms with van der Waals surface area (Å²) < 4.78 is 24.6. The summed E-state index contributed by atoms with van der Waals surface area (Å²) in [7, 11) is 0. The molecule has 0 atom stereocenters. The molecule has 0 amide bonds. The Morgan fingerprint density at radius 2 is 1.95 bits per heavy atom. The van der Waals surface area contributed by atoms with E-state index in [4.69, 9.17) is 15.3 Å². The predicted molar refractivity (Wildman–Crippen MR) is 71.0 cm³/mol. The van der Waals surface area contributed by atoms with Gasteiger partial charge in [-0.05, 0) is 25.1 Å². The lowest BCUT2D eigenvalue weighted by Gasteiger charge is -2.18. The third kappa shape index (κ3) is 2.12. The molecule has 0 unspecified atom stereocenters. The first kappa shape index (κ1) is 12.6. The molecule has 0 saturated heterocycles. The van der Waals surface area contributed by atoms with E-state index in [0.717, 1.165) is 0 Å². The van der Waals surface area contributed by atoms with Crippen molar-refractivity contribution in [2.45, 2.75) is 6.92 Å². The molecule has 0 aliphatic carbocycles. The topological polar surface area (TPSA) is 82.3 Å². The molecule has 1 aliphatic heterocycles. The van der Waals surface area contributed by atoms with Gasteiger partial charge in [-0.15, -0.1) is 0 Å². The molecule has 2 heterocycles. The van der Waals surface area contributed by atoms with Crippen molar-refractivity contribution in [1.82, 2.24) is 9.97 Å². The molecule has 1 aromatic heterocycles. The predicted octanol–water partition coefficient (Wildman–Crippen LogP) is 1.65. The first-order valence-electron chi connectivity index (χ1n) is 6.10. The number of rotatable bonds is 2. The summed E-state index contributed by atoms with van der Waals surface area (Å²) in [6, 6.07) is 5.34. The molecule has 3 N–H and O–H groups in total. The van der Waals surface area contributed by atoms with Gasteiger partial charge in [0, 0.05) is 5.56 Å². The molecule has 0 bridgehead atoms. The fourth-order valence-corrected chi connectivity index (χ4v) is 1.97. The van der Waals surface area contributed by atoms with Crippen LogP contribution in [0.1, 0.15) is 5.69 Å². The molecule has 6 nitrogen and oxygen atoms in total. The molecular weight excluding hydrogens is 263 g/mol. The Bertz CT molecular complexity index is 663. The number of nitrogens with one attached hydrogen (secondary N) is 1. The standard InChI is InChI=1S/C13H13FN4O2/c1-7-11(14)13(18-15)17-12(16-7)8-2-3-9-10(6-8)20-5-4-19-9/h2-3,6H,4-5,15H2,1H3,(H,16,17,18). The van der Waals surface area contributed by atoms with Crippen LogP contribution < -0.4 is 20.7 Å². The summed E-state index contributed by atoms with van der Waals surface area (Å²) in [6.07, 6.45) is 0. The zero-order chi connectivity index (χ0) is 14.1. The average molecular weight is 276 g/mol. The molecule has 1 aliphatic rings. The van der Waals surface area contributed by atoms with Crippen molar-refractivity contribution in [3.05, 3.63) is 29.7 Å². The molecule has 0 radical (unpaired) electrons. The third-order valence-electron chi connectivity index (χ3n) is 2.95. The van der Waals surface area contributed by atoms with Gasteiger partial charge in [0.1, 0.15) is 13.2 Å². The Hall–Kier alpha value is -2.41. The van der Waals surface area contributed by atoms with Gasteiger partial charge >= 0.3 is 0 Å². The number of benzene rings is 1. The highest BCUT2D eigenvalue weighted by molar-refractivity contribution is 5.63. The number of hydrogen-bond acceptors (Lipinski definition) is 6. The van der Waals surface area contributed by atoms with Crippen LogP contribution in [-0.4, -0.2) is 23.2 Å². The molecule has 3 rings (SSSR count). The molecular formula is C13H13FN4O2. The zero-order valence-corrected chi connectivity index (χ0v) is 10.8. The molecule has 0 spiro atoms. The lowest BCUT2D eigenvalue weighted by molar-refractivity contribution is 0.171. The SMILES string of the molecule is Cc1nc(-c2ccc3c(c2)OCCO3)nc(NN)c1F. The van der Waals surface area contributed by atoms with Gasteiger partial charge in [0.2, 0.25) is 0 Å². The van der Waals surface area contributed by atoms with E-state index in [9.17, 15) is 4.39 Å². The van der Waals surface area contributed by atoms with Crippen molar-refractivity contribution in [1.29, 1.82) is 0 Å². The maximum atomic E-state index is 13.7. The second-order valence-electron chi connectivity index (χ2n) is 4.30. The number of halogens is 1. The second-order valence-corrected chi connectivity index (χ2v) is 4.30. The number of aromatic nitrogens is 2. The van der Waals surface area contributed by atoms with Crippen molar-refractivity contribution < 1.29 is 13.9 Å². The van der Waals surface area contributed by atoms with Crippen LogP contribution in [0.2, 0.25) is 0 Å². The fourth-order valence-electron chi connectivity index (χ4n) is 1.97. The van der Waals surface area contributed by atoms with Crippen LogP contribution in [-0.2, 0) is 0 Å². The monoisotopic (exact) mass is 276 g/mol. The van der Waals surface area contributed by atoms with E-state index >= 15 is 0 Å². The normalized spacial score (nSPS) is 13.2. The maximum Gasteiger partial charge on any atom is 0.187 e. The Balaban J connectivity index is 2.07. The largest absolute Gasteiger partial charge is 0.486 e. The first-order valence-corrected chi connectivity index (χ1v) is 6.10. The van der Waals surface area contributed by atoms with Gasteiger partial charge < -0.3 is 14.9 Å². The molecule has 0 saturated carbocycles. The molecule has 1 aromatic carbocycles. The molecule has 7 heteroatoms. The van der Waals surface area contributed by atoms with E-state index in [1.807, 2.05) is 0 Å². The average Bonchev–Trinajstić information content (AvgIpc) is 2.49. The number of ether oxygens (including phenoxy) is 2. The van der Waals surface area contributed by atoms with Crippen LogP contribution in [0.5, 0.6) is 11.5 Å². The van der Waals surface area contributed by atoms with Crippen LogP contribution in [0.25, 0.3) is 11.4 Å². The molecule has 20 heavy (non-hydrogen) atoms.